The van der Waals surface area contributed by atoms with Gasteiger partial charge in [-0.2, -0.15) is 0 Å². The molecule has 1 unspecified atom stereocenters. The summed E-state index contributed by atoms with van der Waals surface area (Å²) in [5.74, 6) is 3.59. The molecular formula is C15H26N4O. The van der Waals surface area contributed by atoms with Crippen LogP contribution in [0, 0.1) is 12.8 Å². The van der Waals surface area contributed by atoms with E-state index >= 15 is 0 Å². The number of ether oxygens (including phenoxy) is 1. The van der Waals surface area contributed by atoms with Crippen LogP contribution in [0.3, 0.4) is 0 Å². The molecule has 20 heavy (non-hydrogen) atoms. The molecule has 0 saturated carbocycles. The molecule has 0 bridgehead atoms. The second-order valence-electron chi connectivity index (χ2n) is 5.38. The maximum absolute atomic E-state index is 5.28. The molecule has 1 aliphatic heterocycles. The molecule has 0 amide bonds. The van der Waals surface area contributed by atoms with Crippen LogP contribution in [0.1, 0.15) is 31.7 Å². The zero-order valence-electron chi connectivity index (χ0n) is 13.1. The maximum atomic E-state index is 5.28. The fourth-order valence-corrected chi connectivity index (χ4v) is 2.75. The average Bonchev–Trinajstić information content (AvgIpc) is 2.90. The van der Waals surface area contributed by atoms with E-state index < -0.39 is 0 Å². The molecule has 5 nitrogen and oxygen atoms in total. The van der Waals surface area contributed by atoms with Gasteiger partial charge in [0, 0.05) is 44.6 Å². The molecular weight excluding hydrogens is 252 g/mol. The van der Waals surface area contributed by atoms with Gasteiger partial charge in [0.05, 0.1) is 6.61 Å². The van der Waals surface area contributed by atoms with Crippen LogP contribution in [0.25, 0.3) is 0 Å². The topological polar surface area (TPSA) is 50.3 Å². The van der Waals surface area contributed by atoms with E-state index in [1.807, 2.05) is 0 Å². The van der Waals surface area contributed by atoms with Crippen LogP contribution in [-0.4, -0.2) is 43.3 Å². The maximum Gasteiger partial charge on any atom is 0.137 e. The molecule has 1 N–H and O–H groups in total. The first-order valence-electron chi connectivity index (χ1n) is 7.54. The standard InChI is InChI=1S/C15H26N4O/c1-5-13-17-14(16-6-2)11(3)15(18-13)19-8-7-12(9-19)10-20-4/h12H,5-10H2,1-4H3,(H,16,17,18). The summed E-state index contributed by atoms with van der Waals surface area (Å²) in [6, 6.07) is 0. The van der Waals surface area contributed by atoms with Crippen LogP contribution < -0.4 is 10.2 Å². The normalized spacial score (nSPS) is 18.6. The Balaban J connectivity index is 2.24. The van der Waals surface area contributed by atoms with E-state index in [2.05, 4.69) is 36.0 Å². The first-order chi connectivity index (χ1) is 9.69. The third kappa shape index (κ3) is 3.20. The third-order valence-electron chi connectivity index (χ3n) is 3.81. The Morgan fingerprint density at radius 2 is 2.15 bits per heavy atom. The second kappa shape index (κ2) is 6.88. The highest BCUT2D eigenvalue weighted by molar-refractivity contribution is 5.59. The third-order valence-corrected chi connectivity index (χ3v) is 3.81. The monoisotopic (exact) mass is 278 g/mol. The highest BCUT2D eigenvalue weighted by Crippen LogP contribution is 2.28. The van der Waals surface area contributed by atoms with E-state index in [1.54, 1.807) is 7.11 Å². The first kappa shape index (κ1) is 15.0. The minimum Gasteiger partial charge on any atom is -0.384 e. The molecule has 2 rings (SSSR count). The zero-order valence-corrected chi connectivity index (χ0v) is 13.1. The van der Waals surface area contributed by atoms with E-state index in [1.165, 1.54) is 6.42 Å². The Morgan fingerprint density at radius 1 is 1.35 bits per heavy atom. The molecule has 1 saturated heterocycles. The van der Waals surface area contributed by atoms with Crippen molar-refractivity contribution in [3.8, 4) is 0 Å². The van der Waals surface area contributed by atoms with Crippen molar-refractivity contribution in [2.75, 3.05) is 43.6 Å². The van der Waals surface area contributed by atoms with Crippen molar-refractivity contribution in [1.29, 1.82) is 0 Å². The Kier molecular flexibility index (Phi) is 5.17. The summed E-state index contributed by atoms with van der Waals surface area (Å²) >= 11 is 0. The zero-order chi connectivity index (χ0) is 14.5. The van der Waals surface area contributed by atoms with Crippen LogP contribution in [0.2, 0.25) is 0 Å². The van der Waals surface area contributed by atoms with Crippen molar-refractivity contribution in [1.82, 2.24) is 9.97 Å². The molecule has 1 aromatic rings. The molecule has 1 fully saturated rings. The van der Waals surface area contributed by atoms with Crippen molar-refractivity contribution in [2.45, 2.75) is 33.6 Å². The molecule has 0 radical (unpaired) electrons. The molecule has 0 aromatic carbocycles. The summed E-state index contributed by atoms with van der Waals surface area (Å²) in [6.07, 6.45) is 2.04. The van der Waals surface area contributed by atoms with Gasteiger partial charge in [-0.25, -0.2) is 9.97 Å². The first-order valence-corrected chi connectivity index (χ1v) is 7.54. The van der Waals surface area contributed by atoms with Gasteiger partial charge in [0.25, 0.3) is 0 Å². The minimum atomic E-state index is 0.613. The van der Waals surface area contributed by atoms with Gasteiger partial charge in [-0.1, -0.05) is 6.92 Å². The van der Waals surface area contributed by atoms with Crippen LogP contribution >= 0.6 is 0 Å². The Labute approximate surface area is 121 Å². The van der Waals surface area contributed by atoms with Crippen LogP contribution in [0.15, 0.2) is 0 Å². The number of rotatable bonds is 6. The summed E-state index contributed by atoms with van der Waals surface area (Å²) in [4.78, 5) is 11.7. The number of hydrogen-bond acceptors (Lipinski definition) is 5. The number of methoxy groups -OCH3 is 1. The fraction of sp³-hybridized carbons (Fsp3) is 0.733. The summed E-state index contributed by atoms with van der Waals surface area (Å²) in [5, 5.41) is 3.35. The largest absolute Gasteiger partial charge is 0.384 e. The predicted octanol–water partition coefficient (Wildman–Crippen LogP) is 2.25. The number of nitrogens with zero attached hydrogens (tertiary/aromatic N) is 3. The smallest absolute Gasteiger partial charge is 0.137 e. The Bertz CT molecular complexity index is 450. The average molecular weight is 278 g/mol. The van der Waals surface area contributed by atoms with Gasteiger partial charge < -0.3 is 15.0 Å². The van der Waals surface area contributed by atoms with E-state index in [0.29, 0.717) is 5.92 Å². The van der Waals surface area contributed by atoms with Crippen LogP contribution in [0.4, 0.5) is 11.6 Å². The summed E-state index contributed by atoms with van der Waals surface area (Å²) in [6.45, 7) is 10.1. The lowest BCUT2D eigenvalue weighted by Crippen LogP contribution is -2.24. The number of anilines is 2. The van der Waals surface area contributed by atoms with Crippen molar-refractivity contribution >= 4 is 11.6 Å². The van der Waals surface area contributed by atoms with Crippen molar-refractivity contribution in [3.63, 3.8) is 0 Å². The number of nitrogens with one attached hydrogen (secondary N) is 1. The fourth-order valence-electron chi connectivity index (χ4n) is 2.75. The van der Waals surface area contributed by atoms with Gasteiger partial charge in [0.2, 0.25) is 0 Å². The summed E-state index contributed by atoms with van der Waals surface area (Å²) in [7, 11) is 1.77. The van der Waals surface area contributed by atoms with E-state index in [4.69, 9.17) is 9.72 Å². The van der Waals surface area contributed by atoms with Gasteiger partial charge in [0.15, 0.2) is 0 Å². The summed E-state index contributed by atoms with van der Waals surface area (Å²) in [5.41, 5.74) is 1.15. The van der Waals surface area contributed by atoms with E-state index in [-0.39, 0.29) is 0 Å². The van der Waals surface area contributed by atoms with Gasteiger partial charge in [-0.15, -0.1) is 0 Å². The predicted molar refractivity (Wildman–Crippen MR) is 82.5 cm³/mol. The Hall–Kier alpha value is -1.36. The number of aromatic nitrogens is 2. The quantitative estimate of drug-likeness (QED) is 0.865. The molecule has 1 atom stereocenters. The molecule has 1 aliphatic rings. The van der Waals surface area contributed by atoms with Crippen LogP contribution in [0.5, 0.6) is 0 Å². The second-order valence-corrected chi connectivity index (χ2v) is 5.38. The van der Waals surface area contributed by atoms with Gasteiger partial charge in [-0.3, -0.25) is 0 Å². The number of hydrogen-bond donors (Lipinski definition) is 1. The van der Waals surface area contributed by atoms with Crippen molar-refractivity contribution in [3.05, 3.63) is 11.4 Å². The number of aryl methyl sites for hydroxylation is 1. The molecule has 112 valence electrons. The van der Waals surface area contributed by atoms with Crippen LogP contribution in [-0.2, 0) is 11.2 Å². The van der Waals surface area contributed by atoms with Crippen molar-refractivity contribution in [2.24, 2.45) is 5.92 Å². The molecule has 2 heterocycles. The lowest BCUT2D eigenvalue weighted by Gasteiger charge is -2.22. The van der Waals surface area contributed by atoms with Gasteiger partial charge in [-0.05, 0) is 20.3 Å². The highest BCUT2D eigenvalue weighted by Gasteiger charge is 2.25. The van der Waals surface area contributed by atoms with E-state index in [0.717, 1.165) is 55.7 Å². The Morgan fingerprint density at radius 3 is 2.80 bits per heavy atom. The molecule has 5 heteroatoms. The summed E-state index contributed by atoms with van der Waals surface area (Å²) < 4.78 is 5.28. The van der Waals surface area contributed by atoms with Gasteiger partial charge in [0.1, 0.15) is 17.5 Å². The lowest BCUT2D eigenvalue weighted by atomic mass is 10.1. The van der Waals surface area contributed by atoms with Gasteiger partial charge >= 0.3 is 0 Å². The minimum absolute atomic E-state index is 0.613. The molecule has 0 aliphatic carbocycles. The molecule has 0 spiro atoms. The lowest BCUT2D eigenvalue weighted by molar-refractivity contribution is 0.161. The SMILES string of the molecule is CCNc1nc(CC)nc(N2CCC(COC)C2)c1C. The van der Waals surface area contributed by atoms with Crippen molar-refractivity contribution < 1.29 is 4.74 Å². The molecule has 1 aromatic heterocycles. The van der Waals surface area contributed by atoms with E-state index in [9.17, 15) is 0 Å². The highest BCUT2D eigenvalue weighted by atomic mass is 16.5.